The lowest BCUT2D eigenvalue weighted by Crippen LogP contribution is -2.36. The summed E-state index contributed by atoms with van der Waals surface area (Å²) in [5.41, 5.74) is 0. The largest absolute Gasteiger partial charge is 0.312 e. The summed E-state index contributed by atoms with van der Waals surface area (Å²) in [5.74, 6) is 0. The van der Waals surface area contributed by atoms with Gasteiger partial charge in [-0.15, -0.1) is 11.3 Å². The fourth-order valence-corrected chi connectivity index (χ4v) is 6.52. The van der Waals surface area contributed by atoms with Gasteiger partial charge in [0.05, 0.1) is 3.79 Å². The maximum atomic E-state index is 12.5. The van der Waals surface area contributed by atoms with Gasteiger partial charge in [-0.1, -0.05) is 26.2 Å². The van der Waals surface area contributed by atoms with E-state index in [1.807, 2.05) is 0 Å². The molecule has 1 aromatic rings. The number of hydrogen-bond donors (Lipinski definition) is 2. The molecule has 2 rings (SSSR count). The van der Waals surface area contributed by atoms with Gasteiger partial charge in [-0.3, -0.25) is 0 Å². The average Bonchev–Trinajstić information content (AvgIpc) is 2.82. The van der Waals surface area contributed by atoms with Crippen LogP contribution in [0.2, 0.25) is 0 Å². The van der Waals surface area contributed by atoms with Crippen molar-refractivity contribution in [2.45, 2.75) is 62.9 Å². The summed E-state index contributed by atoms with van der Waals surface area (Å²) in [6, 6.07) is 1.87. The minimum absolute atomic E-state index is 0.0946. The molecule has 0 radical (unpaired) electrons. The summed E-state index contributed by atoms with van der Waals surface area (Å²) in [4.78, 5) is 1.42. The fraction of sp³-hybridized carbons (Fsp3) is 0.714. The van der Waals surface area contributed by atoms with Gasteiger partial charge in [0, 0.05) is 17.5 Å². The van der Waals surface area contributed by atoms with E-state index in [9.17, 15) is 8.42 Å². The summed E-state index contributed by atoms with van der Waals surface area (Å²) >= 11 is 4.89. The maximum Gasteiger partial charge on any atom is 0.242 e. The summed E-state index contributed by atoms with van der Waals surface area (Å²) in [6.07, 6.45) is 6.42. The molecule has 1 aliphatic rings. The van der Waals surface area contributed by atoms with Crippen molar-refractivity contribution in [1.29, 1.82) is 0 Å². The zero-order valence-corrected chi connectivity index (χ0v) is 15.5. The highest BCUT2D eigenvalue weighted by atomic mass is 79.9. The van der Waals surface area contributed by atoms with Gasteiger partial charge in [0.1, 0.15) is 4.90 Å². The van der Waals surface area contributed by atoms with Crippen molar-refractivity contribution in [1.82, 2.24) is 10.0 Å². The lowest BCUT2D eigenvalue weighted by atomic mass is 9.96. The molecule has 21 heavy (non-hydrogen) atoms. The molecule has 2 N–H and O–H groups in total. The minimum atomic E-state index is -3.41. The molecule has 0 atom stereocenters. The Kier molecular flexibility index (Phi) is 6.68. The van der Waals surface area contributed by atoms with Crippen LogP contribution in [0, 0.1) is 0 Å². The number of rotatable bonds is 7. The van der Waals surface area contributed by atoms with Crippen LogP contribution in [0.3, 0.4) is 0 Å². The smallest absolute Gasteiger partial charge is 0.242 e. The lowest BCUT2D eigenvalue weighted by Gasteiger charge is -2.22. The number of sulfonamides is 1. The van der Waals surface area contributed by atoms with Gasteiger partial charge in [-0.25, -0.2) is 13.1 Å². The Labute approximate surface area is 139 Å². The third kappa shape index (κ3) is 5.03. The van der Waals surface area contributed by atoms with E-state index in [0.29, 0.717) is 8.68 Å². The molecule has 1 aromatic heterocycles. The van der Waals surface area contributed by atoms with Crippen molar-refractivity contribution in [3.63, 3.8) is 0 Å². The fourth-order valence-electron chi connectivity index (χ4n) is 2.56. The van der Waals surface area contributed by atoms with Gasteiger partial charge in [-0.2, -0.15) is 0 Å². The van der Waals surface area contributed by atoms with Crippen LogP contribution in [0.25, 0.3) is 0 Å². The van der Waals surface area contributed by atoms with Crippen LogP contribution in [0.4, 0.5) is 0 Å². The molecule has 1 aliphatic carbocycles. The molecular formula is C14H23BrN2O2S2. The van der Waals surface area contributed by atoms with Crippen molar-refractivity contribution in [2.24, 2.45) is 0 Å². The van der Waals surface area contributed by atoms with E-state index in [4.69, 9.17) is 0 Å². The predicted octanol–water partition coefficient (Wildman–Crippen LogP) is 3.62. The quantitative estimate of drug-likeness (QED) is 0.694. The average molecular weight is 395 g/mol. The molecule has 7 heteroatoms. The van der Waals surface area contributed by atoms with E-state index >= 15 is 0 Å². The molecule has 120 valence electrons. The minimum Gasteiger partial charge on any atom is -0.312 e. The SMILES string of the molecule is CCCNCc1cc(S(=O)(=O)NC2CCCCC2)c(Br)s1. The Morgan fingerprint density at radius 1 is 1.33 bits per heavy atom. The highest BCUT2D eigenvalue weighted by Gasteiger charge is 2.25. The van der Waals surface area contributed by atoms with Crippen LogP contribution in [-0.4, -0.2) is 21.0 Å². The second-order valence-corrected chi connectivity index (χ2v) is 9.62. The van der Waals surface area contributed by atoms with Crippen molar-refractivity contribution >= 4 is 37.3 Å². The van der Waals surface area contributed by atoms with Crippen LogP contribution in [0.15, 0.2) is 14.7 Å². The zero-order valence-electron chi connectivity index (χ0n) is 12.3. The second kappa shape index (κ2) is 8.06. The monoisotopic (exact) mass is 394 g/mol. The van der Waals surface area contributed by atoms with Crippen LogP contribution < -0.4 is 10.0 Å². The Balaban J connectivity index is 2.04. The molecule has 1 saturated carbocycles. The second-order valence-electron chi connectivity index (χ2n) is 5.48. The molecule has 0 aliphatic heterocycles. The lowest BCUT2D eigenvalue weighted by molar-refractivity contribution is 0.412. The first-order valence-corrected chi connectivity index (χ1v) is 10.6. The van der Waals surface area contributed by atoms with E-state index in [0.717, 1.165) is 50.1 Å². The van der Waals surface area contributed by atoms with Crippen LogP contribution >= 0.6 is 27.3 Å². The molecule has 0 unspecified atom stereocenters. The Hall–Kier alpha value is 0.0500. The number of halogens is 1. The van der Waals surface area contributed by atoms with Gasteiger partial charge in [0.2, 0.25) is 10.0 Å². The van der Waals surface area contributed by atoms with Crippen LogP contribution in [0.1, 0.15) is 50.3 Å². The van der Waals surface area contributed by atoms with Crippen LogP contribution in [-0.2, 0) is 16.6 Å². The van der Waals surface area contributed by atoms with Gasteiger partial charge in [-0.05, 0) is 47.8 Å². The van der Waals surface area contributed by atoms with E-state index in [2.05, 4.69) is 32.9 Å². The van der Waals surface area contributed by atoms with Crippen molar-refractivity contribution in [2.75, 3.05) is 6.54 Å². The highest BCUT2D eigenvalue weighted by molar-refractivity contribution is 9.11. The number of nitrogens with one attached hydrogen (secondary N) is 2. The summed E-state index contributed by atoms with van der Waals surface area (Å²) in [7, 11) is -3.41. The molecule has 0 spiro atoms. The molecule has 0 bridgehead atoms. The van der Waals surface area contributed by atoms with Gasteiger partial charge in [0.15, 0.2) is 0 Å². The predicted molar refractivity (Wildman–Crippen MR) is 91.2 cm³/mol. The first-order valence-electron chi connectivity index (χ1n) is 7.54. The summed E-state index contributed by atoms with van der Waals surface area (Å²) in [6.45, 7) is 3.77. The molecule has 1 heterocycles. The Bertz CT molecular complexity index is 551. The molecule has 4 nitrogen and oxygen atoms in total. The Morgan fingerprint density at radius 3 is 2.71 bits per heavy atom. The molecule has 1 fully saturated rings. The highest BCUT2D eigenvalue weighted by Crippen LogP contribution is 2.32. The van der Waals surface area contributed by atoms with Crippen molar-refractivity contribution in [3.05, 3.63) is 14.7 Å². The zero-order chi connectivity index (χ0) is 15.3. The summed E-state index contributed by atoms with van der Waals surface area (Å²) < 4.78 is 28.6. The molecule has 0 amide bonds. The van der Waals surface area contributed by atoms with E-state index in [-0.39, 0.29) is 6.04 Å². The molecule has 0 aromatic carbocycles. The van der Waals surface area contributed by atoms with Crippen molar-refractivity contribution < 1.29 is 8.42 Å². The third-order valence-electron chi connectivity index (χ3n) is 3.65. The van der Waals surface area contributed by atoms with Crippen molar-refractivity contribution in [3.8, 4) is 0 Å². The normalized spacial score (nSPS) is 17.2. The van der Waals surface area contributed by atoms with Gasteiger partial charge >= 0.3 is 0 Å². The van der Waals surface area contributed by atoms with Crippen LogP contribution in [0.5, 0.6) is 0 Å². The first-order chi connectivity index (χ1) is 10.0. The molecule has 0 saturated heterocycles. The standard InChI is InChI=1S/C14H23BrN2O2S2/c1-2-8-16-10-12-9-13(14(15)20-12)21(18,19)17-11-6-4-3-5-7-11/h9,11,16-17H,2-8,10H2,1H3. The van der Waals surface area contributed by atoms with Gasteiger partial charge in [0.25, 0.3) is 0 Å². The topological polar surface area (TPSA) is 58.2 Å². The number of thiophene rings is 1. The van der Waals surface area contributed by atoms with E-state index in [1.165, 1.54) is 17.8 Å². The van der Waals surface area contributed by atoms with Gasteiger partial charge < -0.3 is 5.32 Å². The van der Waals surface area contributed by atoms with E-state index < -0.39 is 10.0 Å². The maximum absolute atomic E-state index is 12.5. The summed E-state index contributed by atoms with van der Waals surface area (Å²) in [5, 5.41) is 3.30. The molecular weight excluding hydrogens is 372 g/mol. The van der Waals surface area contributed by atoms with E-state index in [1.54, 1.807) is 6.07 Å². The Morgan fingerprint density at radius 2 is 2.05 bits per heavy atom. The third-order valence-corrected chi connectivity index (χ3v) is 7.42. The number of hydrogen-bond acceptors (Lipinski definition) is 4. The first kappa shape index (κ1) is 17.4.